The highest BCUT2D eigenvalue weighted by molar-refractivity contribution is 5.96. The number of amides is 1. The Labute approximate surface area is 122 Å². The molecule has 0 atom stereocenters. The second kappa shape index (κ2) is 4.98. The van der Waals surface area contributed by atoms with E-state index in [1.807, 2.05) is 12.1 Å². The summed E-state index contributed by atoms with van der Waals surface area (Å²) >= 11 is 0. The predicted molar refractivity (Wildman–Crippen MR) is 75.9 cm³/mol. The summed E-state index contributed by atoms with van der Waals surface area (Å²) in [5.74, 6) is 1.58. The summed E-state index contributed by atoms with van der Waals surface area (Å²) in [5.41, 5.74) is 3.28. The van der Waals surface area contributed by atoms with Crippen LogP contribution in [0.3, 0.4) is 0 Å². The van der Waals surface area contributed by atoms with Gasteiger partial charge in [0, 0.05) is 11.5 Å². The third-order valence-corrected chi connectivity index (χ3v) is 4.20. The molecule has 0 unspecified atom stereocenters. The fraction of sp³-hybridized carbons (Fsp3) is 0.438. The lowest BCUT2D eigenvalue weighted by Crippen LogP contribution is -2.24. The van der Waals surface area contributed by atoms with Gasteiger partial charge >= 0.3 is 0 Å². The molecule has 4 rings (SSSR count). The number of hydrogen-bond donors (Lipinski definition) is 1. The first-order chi connectivity index (χ1) is 10.3. The molecule has 1 saturated carbocycles. The van der Waals surface area contributed by atoms with Crippen LogP contribution in [0.2, 0.25) is 0 Å². The fourth-order valence-electron chi connectivity index (χ4n) is 2.92. The average molecular weight is 283 g/mol. The molecule has 0 saturated heterocycles. The van der Waals surface area contributed by atoms with Crippen LogP contribution in [0, 0.1) is 0 Å². The summed E-state index contributed by atoms with van der Waals surface area (Å²) in [4.78, 5) is 12.3. The number of hydrogen-bond acceptors (Lipinski definition) is 4. The summed E-state index contributed by atoms with van der Waals surface area (Å²) in [6, 6.07) is 5.96. The van der Waals surface area contributed by atoms with Gasteiger partial charge in [0.2, 0.25) is 11.8 Å². The number of benzene rings is 1. The molecule has 1 fully saturated rings. The van der Waals surface area contributed by atoms with E-state index < -0.39 is 0 Å². The SMILES string of the molecule is O=C(NCc1nnc(C2CC2)o1)c1cccc2c1CCC2. The maximum Gasteiger partial charge on any atom is 0.252 e. The van der Waals surface area contributed by atoms with E-state index >= 15 is 0 Å². The number of fused-ring (bicyclic) bond motifs is 1. The molecule has 2 aliphatic rings. The Hall–Kier alpha value is -2.17. The molecule has 1 heterocycles. The minimum absolute atomic E-state index is 0.0556. The maximum atomic E-state index is 12.3. The van der Waals surface area contributed by atoms with Crippen LogP contribution in [0.1, 0.15) is 58.4 Å². The van der Waals surface area contributed by atoms with Crippen LogP contribution in [0.25, 0.3) is 0 Å². The van der Waals surface area contributed by atoms with Crippen LogP contribution in [0.4, 0.5) is 0 Å². The van der Waals surface area contributed by atoms with Gasteiger partial charge in [-0.25, -0.2) is 0 Å². The van der Waals surface area contributed by atoms with Crippen molar-refractivity contribution in [3.63, 3.8) is 0 Å². The van der Waals surface area contributed by atoms with E-state index in [0.29, 0.717) is 24.2 Å². The Morgan fingerprint density at radius 2 is 2.19 bits per heavy atom. The van der Waals surface area contributed by atoms with Crippen molar-refractivity contribution < 1.29 is 9.21 Å². The van der Waals surface area contributed by atoms with Gasteiger partial charge in [0.25, 0.3) is 5.91 Å². The third-order valence-electron chi connectivity index (χ3n) is 4.20. The summed E-state index contributed by atoms with van der Waals surface area (Å²) < 4.78 is 5.55. The molecule has 5 nitrogen and oxygen atoms in total. The first-order valence-electron chi connectivity index (χ1n) is 7.52. The van der Waals surface area contributed by atoms with Gasteiger partial charge in [0.1, 0.15) is 0 Å². The van der Waals surface area contributed by atoms with Crippen molar-refractivity contribution in [2.45, 2.75) is 44.6 Å². The van der Waals surface area contributed by atoms with Crippen LogP contribution in [-0.4, -0.2) is 16.1 Å². The number of aromatic nitrogens is 2. The average Bonchev–Trinajstić information content (AvgIpc) is 3.06. The fourth-order valence-corrected chi connectivity index (χ4v) is 2.92. The van der Waals surface area contributed by atoms with Gasteiger partial charge in [0.15, 0.2) is 0 Å². The lowest BCUT2D eigenvalue weighted by atomic mass is 10.0. The molecule has 1 N–H and O–H groups in total. The topological polar surface area (TPSA) is 68.0 Å². The van der Waals surface area contributed by atoms with Gasteiger partial charge in [-0.1, -0.05) is 12.1 Å². The minimum Gasteiger partial charge on any atom is -0.423 e. The third kappa shape index (κ3) is 2.44. The smallest absolute Gasteiger partial charge is 0.252 e. The molecule has 108 valence electrons. The van der Waals surface area contributed by atoms with Crippen molar-refractivity contribution in [2.24, 2.45) is 0 Å². The van der Waals surface area contributed by atoms with Crippen LogP contribution in [0.5, 0.6) is 0 Å². The second-order valence-corrected chi connectivity index (χ2v) is 5.79. The Balaban J connectivity index is 1.44. The van der Waals surface area contributed by atoms with Crippen molar-refractivity contribution >= 4 is 5.91 Å². The van der Waals surface area contributed by atoms with Crippen molar-refractivity contribution in [1.29, 1.82) is 0 Å². The molecule has 2 aromatic rings. The number of aryl methyl sites for hydroxylation is 1. The molecule has 2 aliphatic carbocycles. The number of carbonyl (C=O) groups is 1. The van der Waals surface area contributed by atoms with Gasteiger partial charge in [-0.15, -0.1) is 10.2 Å². The monoisotopic (exact) mass is 283 g/mol. The first-order valence-corrected chi connectivity index (χ1v) is 7.52. The lowest BCUT2D eigenvalue weighted by molar-refractivity contribution is 0.0946. The highest BCUT2D eigenvalue weighted by Crippen LogP contribution is 2.38. The van der Waals surface area contributed by atoms with Crippen LogP contribution < -0.4 is 5.32 Å². The van der Waals surface area contributed by atoms with E-state index in [1.165, 1.54) is 11.1 Å². The van der Waals surface area contributed by atoms with E-state index in [9.17, 15) is 4.79 Å². The van der Waals surface area contributed by atoms with Gasteiger partial charge < -0.3 is 9.73 Å². The van der Waals surface area contributed by atoms with Crippen molar-refractivity contribution in [3.8, 4) is 0 Å². The Morgan fingerprint density at radius 3 is 3.05 bits per heavy atom. The molecular formula is C16H17N3O2. The van der Waals surface area contributed by atoms with Crippen molar-refractivity contribution in [3.05, 3.63) is 46.7 Å². The molecule has 1 aromatic carbocycles. The molecule has 0 spiro atoms. The molecule has 0 radical (unpaired) electrons. The van der Waals surface area contributed by atoms with Crippen molar-refractivity contribution in [1.82, 2.24) is 15.5 Å². The van der Waals surface area contributed by atoms with Gasteiger partial charge in [-0.2, -0.15) is 0 Å². The lowest BCUT2D eigenvalue weighted by Gasteiger charge is -2.08. The molecule has 1 amide bonds. The number of carbonyl (C=O) groups excluding carboxylic acids is 1. The Morgan fingerprint density at radius 1 is 1.29 bits per heavy atom. The zero-order valence-corrected chi connectivity index (χ0v) is 11.8. The standard InChI is InChI=1S/C16H17N3O2/c20-15(13-6-2-4-10-3-1-5-12(10)13)17-9-14-18-19-16(21-14)11-7-8-11/h2,4,6,11H,1,3,5,7-9H2,(H,17,20). The summed E-state index contributed by atoms with van der Waals surface area (Å²) in [6.45, 7) is 0.294. The molecule has 5 heteroatoms. The van der Waals surface area contributed by atoms with Crippen LogP contribution >= 0.6 is 0 Å². The number of nitrogens with zero attached hydrogens (tertiary/aromatic N) is 2. The highest BCUT2D eigenvalue weighted by atomic mass is 16.4. The summed E-state index contributed by atoms with van der Waals surface area (Å²) in [6.07, 6.45) is 5.46. The molecule has 1 aromatic heterocycles. The zero-order valence-electron chi connectivity index (χ0n) is 11.8. The van der Waals surface area contributed by atoms with E-state index in [0.717, 1.165) is 37.7 Å². The summed E-state index contributed by atoms with van der Waals surface area (Å²) in [5, 5.41) is 10.9. The van der Waals surface area contributed by atoms with E-state index in [-0.39, 0.29) is 5.91 Å². The largest absolute Gasteiger partial charge is 0.423 e. The molecule has 0 aliphatic heterocycles. The second-order valence-electron chi connectivity index (χ2n) is 5.79. The molecular weight excluding hydrogens is 266 g/mol. The van der Waals surface area contributed by atoms with Gasteiger partial charge in [-0.05, 0) is 49.3 Å². The van der Waals surface area contributed by atoms with Crippen molar-refractivity contribution in [2.75, 3.05) is 0 Å². The normalized spacial score (nSPS) is 16.8. The Bertz CT molecular complexity index is 689. The van der Waals surface area contributed by atoms with Crippen LogP contribution in [-0.2, 0) is 19.4 Å². The quantitative estimate of drug-likeness (QED) is 0.935. The summed E-state index contributed by atoms with van der Waals surface area (Å²) in [7, 11) is 0. The highest BCUT2D eigenvalue weighted by Gasteiger charge is 2.29. The van der Waals surface area contributed by atoms with E-state index in [1.54, 1.807) is 0 Å². The predicted octanol–water partition coefficient (Wildman–Crippen LogP) is 2.37. The van der Waals surface area contributed by atoms with Gasteiger partial charge in [-0.3, -0.25) is 4.79 Å². The molecule has 21 heavy (non-hydrogen) atoms. The minimum atomic E-state index is -0.0556. The molecule has 0 bridgehead atoms. The van der Waals surface area contributed by atoms with E-state index in [4.69, 9.17) is 4.42 Å². The Kier molecular flexibility index (Phi) is 2.98. The van der Waals surface area contributed by atoms with Crippen LogP contribution in [0.15, 0.2) is 22.6 Å². The number of nitrogens with one attached hydrogen (secondary N) is 1. The maximum absolute atomic E-state index is 12.3. The van der Waals surface area contributed by atoms with Gasteiger partial charge in [0.05, 0.1) is 6.54 Å². The zero-order chi connectivity index (χ0) is 14.2. The van der Waals surface area contributed by atoms with E-state index in [2.05, 4.69) is 21.6 Å². The number of rotatable bonds is 4. The first kappa shape index (κ1) is 12.6.